The second-order valence-electron chi connectivity index (χ2n) is 9.86. The highest BCUT2D eigenvalue weighted by Crippen LogP contribution is 2.97. The second-order valence-corrected chi connectivity index (χ2v) is 9.86. The van der Waals surface area contributed by atoms with E-state index < -0.39 is 29.1 Å². The maximum absolute atomic E-state index is 14.4. The molecule has 1 amide bonds. The monoisotopic (exact) mass is 436 g/mol. The van der Waals surface area contributed by atoms with Crippen molar-refractivity contribution >= 4 is 5.91 Å². The molecule has 3 saturated carbocycles. The average Bonchev–Trinajstić information content (AvgIpc) is 3.59. The van der Waals surface area contributed by atoms with Crippen molar-refractivity contribution in [3.05, 3.63) is 47.2 Å². The number of fused-ring (bicyclic) bond motifs is 6. The Labute approximate surface area is 183 Å². The third-order valence-corrected chi connectivity index (χ3v) is 8.26. The number of carbonyl (C=O) groups excluding carboxylic acids is 1. The van der Waals surface area contributed by atoms with Crippen LogP contribution in [0, 0.1) is 40.2 Å². The van der Waals surface area contributed by atoms with Gasteiger partial charge in [-0.1, -0.05) is 6.07 Å². The lowest BCUT2D eigenvalue weighted by atomic mass is 9.74. The number of rotatable bonds is 6. The van der Waals surface area contributed by atoms with E-state index in [0.29, 0.717) is 24.3 Å². The van der Waals surface area contributed by atoms with Gasteiger partial charge >= 0.3 is 0 Å². The number of hydrogen-bond acceptors (Lipinski definition) is 5. The molecule has 1 aromatic heterocycles. The minimum Gasteiger partial charge on any atom is -0.384 e. The lowest BCUT2D eigenvalue weighted by molar-refractivity contribution is -0.140. The van der Waals surface area contributed by atoms with Crippen molar-refractivity contribution in [3.8, 4) is 17.3 Å². The number of halogens is 2. The molecule has 1 N–H and O–H groups in total. The molecule has 1 heterocycles. The Hall–Kier alpha value is -2.92. The molecule has 164 valence electrons. The van der Waals surface area contributed by atoms with Crippen LogP contribution in [0.15, 0.2) is 24.3 Å². The first kappa shape index (κ1) is 19.7. The molecule has 32 heavy (non-hydrogen) atoms. The third kappa shape index (κ3) is 2.37. The highest BCUT2D eigenvalue weighted by Gasteiger charge is 2.92. The molecule has 8 heteroatoms. The van der Waals surface area contributed by atoms with Gasteiger partial charge in [-0.25, -0.2) is 8.78 Å². The van der Waals surface area contributed by atoms with Crippen LogP contribution in [0.1, 0.15) is 43.4 Å². The number of aliphatic hydroxyl groups is 1. The Morgan fingerprint density at radius 1 is 1.38 bits per heavy atom. The van der Waals surface area contributed by atoms with E-state index in [1.54, 1.807) is 11.0 Å². The van der Waals surface area contributed by atoms with Crippen molar-refractivity contribution in [2.24, 2.45) is 17.3 Å². The van der Waals surface area contributed by atoms with Crippen LogP contribution in [0.3, 0.4) is 0 Å². The van der Waals surface area contributed by atoms with Gasteiger partial charge in [-0.2, -0.15) is 15.5 Å². The fraction of sp³-hybridized carbons (Fsp3) is 0.500. The Bertz CT molecular complexity index is 1190. The van der Waals surface area contributed by atoms with Gasteiger partial charge in [-0.05, 0) is 66.7 Å². The predicted molar refractivity (Wildman–Crippen MR) is 109 cm³/mol. The quantitative estimate of drug-likeness (QED) is 0.752. The average molecular weight is 436 g/mol. The predicted octanol–water partition coefficient (Wildman–Crippen LogP) is 2.92. The zero-order valence-electron chi connectivity index (χ0n) is 17.6. The van der Waals surface area contributed by atoms with Crippen LogP contribution in [-0.4, -0.2) is 45.3 Å². The number of nitriles is 1. The molecule has 0 radical (unpaired) electrons. The molecule has 6 atom stereocenters. The number of amides is 1. The van der Waals surface area contributed by atoms with E-state index >= 15 is 0 Å². The summed E-state index contributed by atoms with van der Waals surface area (Å²) < 4.78 is 28.7. The maximum Gasteiger partial charge on any atom is 0.251 e. The summed E-state index contributed by atoms with van der Waals surface area (Å²) in [6.45, 7) is 2.04. The van der Waals surface area contributed by atoms with Gasteiger partial charge in [0.2, 0.25) is 0 Å². The van der Waals surface area contributed by atoms with E-state index in [4.69, 9.17) is 5.26 Å². The molecule has 1 spiro atoms. The third-order valence-electron chi connectivity index (χ3n) is 8.26. The maximum atomic E-state index is 14.4. The Kier molecular flexibility index (Phi) is 3.90. The molecule has 2 unspecified atom stereocenters. The van der Waals surface area contributed by atoms with Gasteiger partial charge < -0.3 is 10.0 Å². The lowest BCUT2D eigenvalue weighted by Gasteiger charge is -2.38. The summed E-state index contributed by atoms with van der Waals surface area (Å²) in [4.78, 5) is 14.2. The largest absolute Gasteiger partial charge is 0.384 e. The molecule has 2 bridgehead atoms. The summed E-state index contributed by atoms with van der Waals surface area (Å²) in [5, 5.41) is 27.6. The topological polar surface area (TPSA) is 90.1 Å². The van der Waals surface area contributed by atoms with E-state index in [1.165, 1.54) is 25.1 Å². The summed E-state index contributed by atoms with van der Waals surface area (Å²) in [7, 11) is 0. The van der Waals surface area contributed by atoms with Crippen molar-refractivity contribution in [2.45, 2.75) is 43.6 Å². The first-order chi connectivity index (χ1) is 15.3. The van der Waals surface area contributed by atoms with Crippen molar-refractivity contribution in [1.29, 1.82) is 5.26 Å². The van der Waals surface area contributed by atoms with Crippen molar-refractivity contribution in [2.75, 3.05) is 13.1 Å². The number of aliphatic hydroxyl groups excluding tert-OH is 1. The number of nitrogens with zero attached hydrogens (tertiary/aromatic N) is 4. The van der Waals surface area contributed by atoms with Crippen molar-refractivity contribution < 1.29 is 18.7 Å². The van der Waals surface area contributed by atoms with E-state index in [9.17, 15) is 18.7 Å². The first-order valence-corrected chi connectivity index (χ1v) is 11.0. The normalized spacial score (nSPS) is 33.0. The van der Waals surface area contributed by atoms with Crippen LogP contribution in [0.5, 0.6) is 0 Å². The van der Waals surface area contributed by atoms with Gasteiger partial charge in [0.25, 0.3) is 5.91 Å². The van der Waals surface area contributed by atoms with E-state index in [0.717, 1.165) is 24.1 Å². The zero-order valence-corrected chi connectivity index (χ0v) is 17.6. The van der Waals surface area contributed by atoms with Crippen LogP contribution in [0.2, 0.25) is 0 Å². The van der Waals surface area contributed by atoms with E-state index in [-0.39, 0.29) is 29.6 Å². The summed E-state index contributed by atoms with van der Waals surface area (Å²) in [5.74, 6) is -0.233. The fourth-order valence-electron chi connectivity index (χ4n) is 7.02. The second kappa shape index (κ2) is 6.32. The van der Waals surface area contributed by atoms with Gasteiger partial charge in [0, 0.05) is 18.5 Å². The minimum atomic E-state index is -1.15. The van der Waals surface area contributed by atoms with Crippen LogP contribution < -0.4 is 0 Å². The van der Waals surface area contributed by atoms with E-state index in [2.05, 4.69) is 16.3 Å². The van der Waals surface area contributed by atoms with Gasteiger partial charge in [-0.3, -0.25) is 4.79 Å². The summed E-state index contributed by atoms with van der Waals surface area (Å²) in [6.07, 6.45) is 0.824. The molecule has 4 aliphatic carbocycles. The van der Waals surface area contributed by atoms with Crippen LogP contribution in [0.25, 0.3) is 11.3 Å². The SMILES string of the molecule is C[C@H](O)C(=O)N(CCC#N)C[C@@]12C[C@H]3C4[C@@H](c5cc(-c6c(F)cccc6F)nnc51)C43C2. The summed E-state index contributed by atoms with van der Waals surface area (Å²) in [5.41, 5.74) is 1.64. The minimum absolute atomic E-state index is 0.168. The zero-order chi connectivity index (χ0) is 22.4. The van der Waals surface area contributed by atoms with Crippen molar-refractivity contribution in [1.82, 2.24) is 15.1 Å². The Morgan fingerprint density at radius 3 is 2.81 bits per heavy atom. The van der Waals surface area contributed by atoms with Crippen LogP contribution in [0.4, 0.5) is 8.78 Å². The first-order valence-electron chi connectivity index (χ1n) is 11.0. The van der Waals surface area contributed by atoms with Crippen molar-refractivity contribution in [3.63, 3.8) is 0 Å². The summed E-state index contributed by atoms with van der Waals surface area (Å²) >= 11 is 0. The molecule has 0 saturated heterocycles. The molecule has 6 nitrogen and oxygen atoms in total. The molecule has 4 aliphatic rings. The Balaban J connectivity index is 1.41. The fourth-order valence-corrected chi connectivity index (χ4v) is 7.02. The smallest absolute Gasteiger partial charge is 0.251 e. The molecule has 0 aliphatic heterocycles. The van der Waals surface area contributed by atoms with Crippen LogP contribution >= 0.6 is 0 Å². The highest BCUT2D eigenvalue weighted by molar-refractivity contribution is 5.80. The number of benzene rings is 1. The van der Waals surface area contributed by atoms with Gasteiger partial charge in [0.15, 0.2) is 0 Å². The number of aromatic nitrogens is 2. The molecule has 6 rings (SSSR count). The number of hydrogen-bond donors (Lipinski definition) is 1. The molecular formula is C24H22F2N4O2. The van der Waals surface area contributed by atoms with Gasteiger partial charge in [0.05, 0.1) is 29.4 Å². The lowest BCUT2D eigenvalue weighted by Crippen LogP contribution is -2.48. The highest BCUT2D eigenvalue weighted by atomic mass is 19.1. The van der Waals surface area contributed by atoms with Gasteiger partial charge in [-0.15, -0.1) is 0 Å². The standard InChI is InChI=1S/C24H22F2N4O2/c1-12(31)22(32)30(7-3-6-27)11-23-9-14-20-19(24(14,20)10-23)13-8-17(28-29-21(13)23)18-15(25)4-2-5-16(18)26/h2,4-5,8,12,14,19-20,31H,3,7,9-11H2,1H3/t12-,14-,19+,20?,23-,24?/m0/s1. The molecular weight excluding hydrogens is 414 g/mol. The molecule has 3 fully saturated rings. The summed E-state index contributed by atoms with van der Waals surface area (Å²) in [6, 6.07) is 7.60. The number of carbonyl (C=O) groups is 1. The van der Waals surface area contributed by atoms with Gasteiger partial charge in [0.1, 0.15) is 17.7 Å². The molecule has 2 aromatic rings. The Morgan fingerprint density at radius 2 is 2.12 bits per heavy atom. The van der Waals surface area contributed by atoms with E-state index in [1.807, 2.05) is 0 Å². The molecule has 1 aromatic carbocycles. The van der Waals surface area contributed by atoms with Crippen LogP contribution in [-0.2, 0) is 10.2 Å².